The molecule has 1 aromatic carbocycles. The molecule has 3 heteroatoms. The molecule has 2 rings (SSSR count). The molecular formula is C12H18N2O. The van der Waals surface area contributed by atoms with Crippen LogP contribution < -0.4 is 15.4 Å². The molecule has 0 spiro atoms. The second-order valence-electron chi connectivity index (χ2n) is 4.08. The maximum atomic E-state index is 6.07. The lowest BCUT2D eigenvalue weighted by atomic mass is 10.2. The number of para-hydroxylation sites is 1. The highest BCUT2D eigenvalue weighted by Gasteiger charge is 2.22. The third-order valence-corrected chi connectivity index (χ3v) is 3.13. The third-order valence-electron chi connectivity index (χ3n) is 3.13. The van der Waals surface area contributed by atoms with E-state index in [9.17, 15) is 0 Å². The number of benzene rings is 1. The number of hydrogen-bond donors (Lipinski definition) is 1. The van der Waals surface area contributed by atoms with Crippen LogP contribution in [0, 0.1) is 0 Å². The van der Waals surface area contributed by atoms with Crippen molar-refractivity contribution in [3.05, 3.63) is 18.2 Å². The fourth-order valence-corrected chi connectivity index (χ4v) is 2.25. The maximum absolute atomic E-state index is 6.07. The molecule has 15 heavy (non-hydrogen) atoms. The molecule has 82 valence electrons. The van der Waals surface area contributed by atoms with Crippen molar-refractivity contribution in [2.24, 2.45) is 0 Å². The lowest BCUT2D eigenvalue weighted by Gasteiger charge is -2.25. The molecule has 2 N–H and O–H groups in total. The Morgan fingerprint density at radius 2 is 2.27 bits per heavy atom. The van der Waals surface area contributed by atoms with E-state index in [1.54, 1.807) is 7.11 Å². The summed E-state index contributed by atoms with van der Waals surface area (Å²) in [6.45, 7) is 3.34. The van der Waals surface area contributed by atoms with Gasteiger partial charge in [-0.2, -0.15) is 0 Å². The lowest BCUT2D eigenvalue weighted by Crippen LogP contribution is -2.27. The maximum Gasteiger partial charge on any atom is 0.143 e. The average Bonchev–Trinajstić information content (AvgIpc) is 2.65. The van der Waals surface area contributed by atoms with Gasteiger partial charge in [0, 0.05) is 12.6 Å². The van der Waals surface area contributed by atoms with Crippen LogP contribution in [0.2, 0.25) is 0 Å². The minimum atomic E-state index is 0.583. The Hall–Kier alpha value is -1.38. The number of methoxy groups -OCH3 is 1. The lowest BCUT2D eigenvalue weighted by molar-refractivity contribution is 0.417. The minimum Gasteiger partial charge on any atom is -0.495 e. The molecule has 1 fully saturated rings. The molecule has 1 aromatic rings. The summed E-state index contributed by atoms with van der Waals surface area (Å²) in [7, 11) is 1.66. The normalized spacial score (nSPS) is 20.7. The smallest absolute Gasteiger partial charge is 0.143 e. The third kappa shape index (κ3) is 1.74. The number of nitrogens with zero attached hydrogens (tertiary/aromatic N) is 1. The van der Waals surface area contributed by atoms with Crippen LogP contribution in [0.1, 0.15) is 19.8 Å². The number of rotatable bonds is 2. The number of hydrogen-bond acceptors (Lipinski definition) is 3. The first-order valence-electron chi connectivity index (χ1n) is 5.43. The van der Waals surface area contributed by atoms with Gasteiger partial charge in [0.05, 0.1) is 18.5 Å². The zero-order valence-electron chi connectivity index (χ0n) is 9.36. The van der Waals surface area contributed by atoms with Gasteiger partial charge in [0.15, 0.2) is 0 Å². The minimum absolute atomic E-state index is 0.583. The SMILES string of the molecule is COc1cccc(N2CCCC2C)c1N. The van der Waals surface area contributed by atoms with E-state index in [0.717, 1.165) is 23.7 Å². The second kappa shape index (κ2) is 4.01. The Kier molecular flexibility index (Phi) is 2.71. The van der Waals surface area contributed by atoms with Crippen LogP contribution in [0.15, 0.2) is 18.2 Å². The number of anilines is 2. The van der Waals surface area contributed by atoms with Gasteiger partial charge >= 0.3 is 0 Å². The number of ether oxygens (including phenoxy) is 1. The Labute approximate surface area is 90.8 Å². The summed E-state index contributed by atoms with van der Waals surface area (Å²) in [5.41, 5.74) is 7.94. The predicted molar refractivity (Wildman–Crippen MR) is 63.4 cm³/mol. The van der Waals surface area contributed by atoms with Crippen LogP contribution in [0.25, 0.3) is 0 Å². The van der Waals surface area contributed by atoms with Gasteiger partial charge in [-0.3, -0.25) is 0 Å². The first-order chi connectivity index (χ1) is 7.24. The quantitative estimate of drug-likeness (QED) is 0.754. The molecule has 0 radical (unpaired) electrons. The van der Waals surface area contributed by atoms with Crippen LogP contribution >= 0.6 is 0 Å². The van der Waals surface area contributed by atoms with E-state index in [4.69, 9.17) is 10.5 Å². The molecule has 3 nitrogen and oxygen atoms in total. The summed E-state index contributed by atoms with van der Waals surface area (Å²) in [6.07, 6.45) is 2.49. The zero-order chi connectivity index (χ0) is 10.8. The van der Waals surface area contributed by atoms with E-state index in [1.807, 2.05) is 12.1 Å². The predicted octanol–water partition coefficient (Wildman–Crippen LogP) is 2.27. The van der Waals surface area contributed by atoms with Gasteiger partial charge < -0.3 is 15.4 Å². The zero-order valence-corrected chi connectivity index (χ0v) is 9.36. The van der Waals surface area contributed by atoms with Crippen molar-refractivity contribution in [1.82, 2.24) is 0 Å². The molecule has 1 atom stereocenters. The van der Waals surface area contributed by atoms with E-state index >= 15 is 0 Å². The highest BCUT2D eigenvalue weighted by molar-refractivity contribution is 5.74. The fourth-order valence-electron chi connectivity index (χ4n) is 2.25. The van der Waals surface area contributed by atoms with Crippen LogP contribution in [-0.4, -0.2) is 19.7 Å². The topological polar surface area (TPSA) is 38.5 Å². The number of nitrogens with two attached hydrogens (primary N) is 1. The van der Waals surface area contributed by atoms with E-state index in [1.165, 1.54) is 12.8 Å². The molecule has 1 aliphatic rings. The van der Waals surface area contributed by atoms with Gasteiger partial charge in [-0.15, -0.1) is 0 Å². The van der Waals surface area contributed by atoms with Crippen molar-refractivity contribution < 1.29 is 4.74 Å². The molecule has 0 aliphatic carbocycles. The highest BCUT2D eigenvalue weighted by Crippen LogP contribution is 2.35. The first-order valence-corrected chi connectivity index (χ1v) is 5.43. The van der Waals surface area contributed by atoms with E-state index in [0.29, 0.717) is 6.04 Å². The summed E-state index contributed by atoms with van der Waals surface area (Å²) < 4.78 is 5.23. The summed E-state index contributed by atoms with van der Waals surface area (Å²) in [5.74, 6) is 0.770. The summed E-state index contributed by atoms with van der Waals surface area (Å²) >= 11 is 0. The van der Waals surface area contributed by atoms with E-state index in [-0.39, 0.29) is 0 Å². The van der Waals surface area contributed by atoms with Crippen molar-refractivity contribution >= 4 is 11.4 Å². The van der Waals surface area contributed by atoms with Crippen molar-refractivity contribution in [1.29, 1.82) is 0 Å². The summed E-state index contributed by atoms with van der Waals surface area (Å²) in [4.78, 5) is 2.36. The largest absolute Gasteiger partial charge is 0.495 e. The van der Waals surface area contributed by atoms with Gasteiger partial charge in [0.25, 0.3) is 0 Å². The highest BCUT2D eigenvalue weighted by atomic mass is 16.5. The van der Waals surface area contributed by atoms with Crippen molar-refractivity contribution in [2.45, 2.75) is 25.8 Å². The van der Waals surface area contributed by atoms with Crippen molar-refractivity contribution in [3.63, 3.8) is 0 Å². The Balaban J connectivity index is 2.35. The molecular weight excluding hydrogens is 188 g/mol. The molecule has 1 heterocycles. The molecule has 0 amide bonds. The molecule has 0 saturated carbocycles. The van der Waals surface area contributed by atoms with Crippen LogP contribution in [0.3, 0.4) is 0 Å². The van der Waals surface area contributed by atoms with Crippen molar-refractivity contribution in [2.75, 3.05) is 24.3 Å². The molecule has 0 aromatic heterocycles. The average molecular weight is 206 g/mol. The van der Waals surface area contributed by atoms with Gasteiger partial charge in [0.2, 0.25) is 0 Å². The Morgan fingerprint density at radius 3 is 2.87 bits per heavy atom. The standard InChI is InChI=1S/C12H18N2O/c1-9-5-4-8-14(9)10-6-3-7-11(15-2)12(10)13/h3,6-7,9H,4-5,8,13H2,1-2H3. The van der Waals surface area contributed by atoms with E-state index in [2.05, 4.69) is 17.9 Å². The van der Waals surface area contributed by atoms with Crippen molar-refractivity contribution in [3.8, 4) is 5.75 Å². The summed E-state index contributed by atoms with van der Waals surface area (Å²) in [5, 5.41) is 0. The fraction of sp³-hybridized carbons (Fsp3) is 0.500. The summed E-state index contributed by atoms with van der Waals surface area (Å²) in [6, 6.07) is 6.55. The van der Waals surface area contributed by atoms with Crippen LogP contribution in [0.4, 0.5) is 11.4 Å². The molecule has 1 saturated heterocycles. The molecule has 1 unspecified atom stereocenters. The molecule has 0 bridgehead atoms. The monoisotopic (exact) mass is 206 g/mol. The van der Waals surface area contributed by atoms with Gasteiger partial charge in [-0.05, 0) is 31.9 Å². The Bertz CT molecular complexity index is 351. The van der Waals surface area contributed by atoms with Gasteiger partial charge in [-0.25, -0.2) is 0 Å². The first kappa shape index (κ1) is 10.1. The Morgan fingerprint density at radius 1 is 1.47 bits per heavy atom. The van der Waals surface area contributed by atoms with E-state index < -0.39 is 0 Å². The van der Waals surface area contributed by atoms with Crippen LogP contribution in [-0.2, 0) is 0 Å². The van der Waals surface area contributed by atoms with Crippen LogP contribution in [0.5, 0.6) is 5.75 Å². The second-order valence-corrected chi connectivity index (χ2v) is 4.08. The van der Waals surface area contributed by atoms with Gasteiger partial charge in [0.1, 0.15) is 5.75 Å². The molecule has 1 aliphatic heterocycles. The van der Waals surface area contributed by atoms with Gasteiger partial charge in [-0.1, -0.05) is 6.07 Å². The number of nitrogen functional groups attached to an aromatic ring is 1.